The topological polar surface area (TPSA) is 91.4 Å². The Labute approximate surface area is 124 Å². The van der Waals surface area contributed by atoms with Gasteiger partial charge in [0.2, 0.25) is 0 Å². The van der Waals surface area contributed by atoms with Crippen molar-refractivity contribution in [3.63, 3.8) is 0 Å². The zero-order chi connectivity index (χ0) is 15.2. The van der Waals surface area contributed by atoms with Gasteiger partial charge in [-0.25, -0.2) is 4.79 Å². The van der Waals surface area contributed by atoms with Crippen LogP contribution in [-0.4, -0.2) is 36.5 Å². The van der Waals surface area contributed by atoms with Gasteiger partial charge in [0, 0.05) is 18.8 Å². The Kier molecular flexibility index (Phi) is 5.03. The first kappa shape index (κ1) is 15.2. The molecule has 1 saturated heterocycles. The molecule has 1 fully saturated rings. The molecule has 2 amide bonds. The lowest BCUT2D eigenvalue weighted by atomic mass is 10.0. The highest BCUT2D eigenvalue weighted by Crippen LogP contribution is 2.19. The number of anilines is 1. The van der Waals surface area contributed by atoms with Gasteiger partial charge in [0.15, 0.2) is 0 Å². The van der Waals surface area contributed by atoms with Crippen LogP contribution in [-0.2, 0) is 0 Å². The maximum Gasteiger partial charge on any atom is 0.321 e. The van der Waals surface area contributed by atoms with Crippen molar-refractivity contribution >= 4 is 17.6 Å². The smallest absolute Gasteiger partial charge is 0.321 e. The summed E-state index contributed by atoms with van der Waals surface area (Å²) in [7, 11) is 0. The maximum absolute atomic E-state index is 12.2. The van der Waals surface area contributed by atoms with Crippen LogP contribution in [0.4, 0.5) is 10.5 Å². The Bertz CT molecular complexity index is 501. The molecule has 0 saturated carbocycles. The van der Waals surface area contributed by atoms with Crippen molar-refractivity contribution in [2.24, 2.45) is 11.7 Å². The third kappa shape index (κ3) is 4.66. The van der Waals surface area contributed by atoms with E-state index in [4.69, 9.17) is 15.9 Å². The minimum absolute atomic E-state index is 0.0217. The average Bonchev–Trinajstić information content (AvgIpc) is 2.46. The molecule has 0 aliphatic carbocycles. The van der Waals surface area contributed by atoms with E-state index in [9.17, 15) is 4.79 Å². The minimum Gasteiger partial charge on any atom is -0.486 e. The zero-order valence-corrected chi connectivity index (χ0v) is 12.3. The van der Waals surface area contributed by atoms with Gasteiger partial charge in [0.05, 0.1) is 0 Å². The number of amides is 2. The van der Waals surface area contributed by atoms with Gasteiger partial charge in [-0.2, -0.15) is 0 Å². The largest absolute Gasteiger partial charge is 0.486 e. The molecule has 2 rings (SSSR count). The molecule has 6 heteroatoms. The third-order valence-electron chi connectivity index (χ3n) is 3.44. The summed E-state index contributed by atoms with van der Waals surface area (Å²) in [4.78, 5) is 14.0. The number of nitrogens with zero attached hydrogens (tertiary/aromatic N) is 1. The number of ether oxygens (including phenoxy) is 1. The van der Waals surface area contributed by atoms with Gasteiger partial charge < -0.3 is 20.7 Å². The third-order valence-corrected chi connectivity index (χ3v) is 3.44. The van der Waals surface area contributed by atoms with E-state index in [-0.39, 0.29) is 18.5 Å². The van der Waals surface area contributed by atoms with E-state index < -0.39 is 0 Å². The molecule has 4 N–H and O–H groups in total. The molecule has 0 spiro atoms. The van der Waals surface area contributed by atoms with Crippen LogP contribution in [0.5, 0.6) is 5.75 Å². The monoisotopic (exact) mass is 290 g/mol. The van der Waals surface area contributed by atoms with E-state index in [2.05, 4.69) is 12.2 Å². The second-order valence-electron chi connectivity index (χ2n) is 5.46. The number of carbonyl (C=O) groups excluding carboxylic acids is 1. The summed E-state index contributed by atoms with van der Waals surface area (Å²) in [6.07, 6.45) is 2.25. The molecule has 1 aromatic carbocycles. The highest BCUT2D eigenvalue weighted by atomic mass is 16.5. The van der Waals surface area contributed by atoms with Crippen LogP contribution in [0.1, 0.15) is 19.8 Å². The van der Waals surface area contributed by atoms with E-state index in [0.29, 0.717) is 11.7 Å². The zero-order valence-electron chi connectivity index (χ0n) is 12.3. The molecule has 0 bridgehead atoms. The van der Waals surface area contributed by atoms with Crippen molar-refractivity contribution in [2.75, 3.05) is 25.0 Å². The number of urea groups is 1. The summed E-state index contributed by atoms with van der Waals surface area (Å²) in [6.45, 7) is 3.86. The number of piperidine rings is 1. The number of likely N-dealkylation sites (tertiary alicyclic amines) is 1. The summed E-state index contributed by atoms with van der Waals surface area (Å²) >= 11 is 0. The van der Waals surface area contributed by atoms with Crippen LogP contribution in [0, 0.1) is 11.3 Å². The van der Waals surface area contributed by atoms with Crippen molar-refractivity contribution in [3.8, 4) is 5.75 Å². The van der Waals surface area contributed by atoms with Gasteiger partial charge in [0.1, 0.15) is 18.2 Å². The van der Waals surface area contributed by atoms with E-state index in [0.717, 1.165) is 25.2 Å². The Morgan fingerprint density at radius 2 is 2.19 bits per heavy atom. The van der Waals surface area contributed by atoms with Crippen molar-refractivity contribution in [1.29, 1.82) is 5.41 Å². The summed E-state index contributed by atoms with van der Waals surface area (Å²) in [5.74, 6) is 1.16. The Balaban J connectivity index is 1.87. The normalized spacial score (nSPS) is 18.1. The number of hydrogen-bond donors (Lipinski definition) is 3. The van der Waals surface area contributed by atoms with Gasteiger partial charge in [-0.15, -0.1) is 0 Å². The van der Waals surface area contributed by atoms with Gasteiger partial charge >= 0.3 is 6.03 Å². The molecule has 6 nitrogen and oxygen atoms in total. The first-order valence-electron chi connectivity index (χ1n) is 7.16. The number of hydrogen-bond acceptors (Lipinski definition) is 3. The van der Waals surface area contributed by atoms with Crippen molar-refractivity contribution in [2.45, 2.75) is 19.8 Å². The number of carbonyl (C=O) groups is 1. The lowest BCUT2D eigenvalue weighted by Gasteiger charge is -2.30. The summed E-state index contributed by atoms with van der Waals surface area (Å²) < 4.78 is 5.29. The molecule has 1 aliphatic heterocycles. The number of benzene rings is 1. The van der Waals surface area contributed by atoms with Crippen molar-refractivity contribution in [1.82, 2.24) is 4.90 Å². The molecule has 1 aliphatic rings. The van der Waals surface area contributed by atoms with E-state index in [1.807, 2.05) is 4.90 Å². The number of nitrogens with two attached hydrogens (primary N) is 1. The average molecular weight is 290 g/mol. The standard InChI is InChI=1S/C15H22N4O2/c1-11-3-2-8-19(9-11)15(20)18-12-4-6-13(7-5-12)21-10-14(16)17/h4-7,11H,2-3,8-10H2,1H3,(H3,16,17)(H,18,20). The van der Waals surface area contributed by atoms with Gasteiger partial charge in [-0.3, -0.25) is 5.41 Å². The summed E-state index contributed by atoms with van der Waals surface area (Å²) in [5.41, 5.74) is 5.96. The molecule has 1 heterocycles. The quantitative estimate of drug-likeness (QED) is 0.586. The fourth-order valence-corrected chi connectivity index (χ4v) is 2.37. The maximum atomic E-state index is 12.2. The first-order chi connectivity index (χ1) is 10.0. The molecular formula is C15H22N4O2. The molecule has 1 aromatic rings. The van der Waals surface area contributed by atoms with Crippen molar-refractivity contribution in [3.05, 3.63) is 24.3 Å². The molecule has 1 unspecified atom stereocenters. The highest BCUT2D eigenvalue weighted by molar-refractivity contribution is 5.89. The van der Waals surface area contributed by atoms with Crippen LogP contribution in [0.2, 0.25) is 0 Å². The Morgan fingerprint density at radius 3 is 2.81 bits per heavy atom. The van der Waals surface area contributed by atoms with Crippen LogP contribution in [0.25, 0.3) is 0 Å². The predicted octanol–water partition coefficient (Wildman–Crippen LogP) is 2.27. The van der Waals surface area contributed by atoms with E-state index >= 15 is 0 Å². The molecular weight excluding hydrogens is 268 g/mol. The lowest BCUT2D eigenvalue weighted by molar-refractivity contribution is 0.182. The number of nitrogens with one attached hydrogen (secondary N) is 2. The van der Waals surface area contributed by atoms with Crippen LogP contribution in [0.3, 0.4) is 0 Å². The minimum atomic E-state index is -0.0565. The Morgan fingerprint density at radius 1 is 1.48 bits per heavy atom. The fraction of sp³-hybridized carbons (Fsp3) is 0.467. The fourth-order valence-electron chi connectivity index (χ4n) is 2.37. The van der Waals surface area contributed by atoms with Crippen LogP contribution in [0.15, 0.2) is 24.3 Å². The second-order valence-corrected chi connectivity index (χ2v) is 5.46. The SMILES string of the molecule is CC1CCCN(C(=O)Nc2ccc(OCC(=N)N)cc2)C1. The predicted molar refractivity (Wildman–Crippen MR) is 82.8 cm³/mol. The van der Waals surface area contributed by atoms with Crippen LogP contribution < -0.4 is 15.8 Å². The van der Waals surface area contributed by atoms with Gasteiger partial charge in [-0.05, 0) is 43.0 Å². The molecule has 114 valence electrons. The highest BCUT2D eigenvalue weighted by Gasteiger charge is 2.20. The molecule has 0 aromatic heterocycles. The first-order valence-corrected chi connectivity index (χ1v) is 7.16. The Hall–Kier alpha value is -2.24. The van der Waals surface area contributed by atoms with E-state index in [1.54, 1.807) is 24.3 Å². The second kappa shape index (κ2) is 6.97. The van der Waals surface area contributed by atoms with Crippen LogP contribution >= 0.6 is 0 Å². The molecule has 1 atom stereocenters. The van der Waals surface area contributed by atoms with Crippen molar-refractivity contribution < 1.29 is 9.53 Å². The van der Waals surface area contributed by atoms with Gasteiger partial charge in [-0.1, -0.05) is 6.92 Å². The summed E-state index contributed by atoms with van der Waals surface area (Å²) in [5, 5.41) is 9.99. The number of rotatable bonds is 4. The molecule has 0 radical (unpaired) electrons. The molecule has 21 heavy (non-hydrogen) atoms. The van der Waals surface area contributed by atoms with E-state index in [1.165, 1.54) is 6.42 Å². The van der Waals surface area contributed by atoms with Gasteiger partial charge in [0.25, 0.3) is 0 Å². The lowest BCUT2D eigenvalue weighted by Crippen LogP contribution is -2.41. The number of amidine groups is 1. The summed E-state index contributed by atoms with van der Waals surface area (Å²) in [6, 6.07) is 7.00.